The molecule has 0 saturated carbocycles. The van der Waals surface area contributed by atoms with E-state index in [1.54, 1.807) is 11.3 Å². The van der Waals surface area contributed by atoms with Crippen LogP contribution in [-0.4, -0.2) is 12.7 Å². The number of ether oxygens (including phenoxy) is 1. The van der Waals surface area contributed by atoms with Crippen LogP contribution in [0.25, 0.3) is 0 Å². The molecule has 15 heavy (non-hydrogen) atoms. The van der Waals surface area contributed by atoms with Crippen molar-refractivity contribution in [2.75, 3.05) is 6.61 Å². The molecule has 0 radical (unpaired) electrons. The van der Waals surface area contributed by atoms with E-state index in [0.717, 1.165) is 13.0 Å². The molecule has 3 unspecified atom stereocenters. The van der Waals surface area contributed by atoms with Gasteiger partial charge in [0.15, 0.2) is 0 Å². The highest BCUT2D eigenvalue weighted by Crippen LogP contribution is 2.41. The van der Waals surface area contributed by atoms with E-state index in [1.807, 2.05) is 0 Å². The Morgan fingerprint density at radius 1 is 1.67 bits per heavy atom. The lowest BCUT2D eigenvalue weighted by Crippen LogP contribution is -2.06. The van der Waals surface area contributed by atoms with Crippen LogP contribution in [0.1, 0.15) is 28.5 Å². The molecule has 1 fully saturated rings. The van der Waals surface area contributed by atoms with Crippen LogP contribution in [0, 0.1) is 12.8 Å². The number of thiophene rings is 1. The molecule has 2 rings (SSSR count). The molecular formula is C11H14BrClOS. The average Bonchev–Trinajstić information content (AvgIpc) is 2.74. The highest BCUT2D eigenvalue weighted by molar-refractivity contribution is 9.10. The normalized spacial score (nSPS) is 28.3. The summed E-state index contributed by atoms with van der Waals surface area (Å²) in [4.78, 5) is 2.55. The van der Waals surface area contributed by atoms with Gasteiger partial charge in [0.1, 0.15) is 0 Å². The lowest BCUT2D eigenvalue weighted by Gasteiger charge is -2.13. The molecule has 0 N–H and O–H groups in total. The van der Waals surface area contributed by atoms with Gasteiger partial charge in [-0.15, -0.1) is 22.9 Å². The number of aryl methyl sites for hydroxylation is 1. The fourth-order valence-electron chi connectivity index (χ4n) is 1.90. The molecule has 4 heteroatoms. The molecule has 1 aliphatic heterocycles. The Balaban J connectivity index is 2.10. The van der Waals surface area contributed by atoms with Crippen molar-refractivity contribution in [3.63, 3.8) is 0 Å². The second-order valence-electron chi connectivity index (χ2n) is 4.09. The zero-order chi connectivity index (χ0) is 11.0. The number of hydrogen-bond acceptors (Lipinski definition) is 2. The Labute approximate surface area is 108 Å². The van der Waals surface area contributed by atoms with Crippen molar-refractivity contribution in [1.29, 1.82) is 0 Å². The van der Waals surface area contributed by atoms with Crippen molar-refractivity contribution in [1.82, 2.24) is 0 Å². The summed E-state index contributed by atoms with van der Waals surface area (Å²) in [6.07, 6.45) is 1.43. The highest BCUT2D eigenvalue weighted by atomic mass is 79.9. The SMILES string of the molecule is Cc1sc(C(Cl)C2COC(C)C2)cc1Br. The molecule has 0 amide bonds. The van der Waals surface area contributed by atoms with E-state index in [0.29, 0.717) is 12.0 Å². The first-order valence-electron chi connectivity index (χ1n) is 5.09. The molecule has 1 aromatic heterocycles. The standard InChI is InChI=1S/C11H14BrClOS/c1-6-3-8(5-14-6)11(13)10-4-9(12)7(2)15-10/h4,6,8,11H,3,5H2,1-2H3. The summed E-state index contributed by atoms with van der Waals surface area (Å²) in [5.41, 5.74) is 0. The maximum Gasteiger partial charge on any atom is 0.0730 e. The van der Waals surface area contributed by atoms with Gasteiger partial charge in [-0.2, -0.15) is 0 Å². The molecule has 0 aromatic carbocycles. The topological polar surface area (TPSA) is 9.23 Å². The zero-order valence-electron chi connectivity index (χ0n) is 8.80. The summed E-state index contributed by atoms with van der Waals surface area (Å²) in [7, 11) is 0. The zero-order valence-corrected chi connectivity index (χ0v) is 12.0. The van der Waals surface area contributed by atoms with Gasteiger partial charge in [-0.25, -0.2) is 0 Å². The maximum atomic E-state index is 6.47. The van der Waals surface area contributed by atoms with Gasteiger partial charge in [0, 0.05) is 20.1 Å². The Morgan fingerprint density at radius 2 is 2.40 bits per heavy atom. The molecule has 0 aliphatic carbocycles. The van der Waals surface area contributed by atoms with Gasteiger partial charge in [0.25, 0.3) is 0 Å². The molecule has 1 nitrogen and oxygen atoms in total. The first-order chi connectivity index (χ1) is 7.08. The smallest absolute Gasteiger partial charge is 0.0730 e. The van der Waals surface area contributed by atoms with Crippen molar-refractivity contribution >= 4 is 38.9 Å². The molecule has 1 aliphatic rings. The van der Waals surface area contributed by atoms with Crippen LogP contribution in [0.3, 0.4) is 0 Å². The average molecular weight is 310 g/mol. The van der Waals surface area contributed by atoms with Gasteiger partial charge in [0.2, 0.25) is 0 Å². The minimum atomic E-state index is 0.102. The predicted molar refractivity (Wildman–Crippen MR) is 68.9 cm³/mol. The Morgan fingerprint density at radius 3 is 2.87 bits per heavy atom. The van der Waals surface area contributed by atoms with Gasteiger partial charge in [-0.05, 0) is 42.3 Å². The largest absolute Gasteiger partial charge is 0.378 e. The minimum Gasteiger partial charge on any atom is -0.378 e. The summed E-state index contributed by atoms with van der Waals surface area (Å²) in [6.45, 7) is 5.01. The Kier molecular flexibility index (Phi) is 3.76. The molecule has 1 saturated heterocycles. The van der Waals surface area contributed by atoms with Crippen LogP contribution in [0.2, 0.25) is 0 Å². The monoisotopic (exact) mass is 308 g/mol. The summed E-state index contributed by atoms with van der Waals surface area (Å²) in [5.74, 6) is 0.464. The third-order valence-electron chi connectivity index (χ3n) is 2.79. The van der Waals surface area contributed by atoms with E-state index in [2.05, 4.69) is 35.8 Å². The van der Waals surface area contributed by atoms with Gasteiger partial charge in [-0.3, -0.25) is 0 Å². The van der Waals surface area contributed by atoms with Crippen LogP contribution in [0.4, 0.5) is 0 Å². The van der Waals surface area contributed by atoms with Crippen molar-refractivity contribution in [2.45, 2.75) is 31.7 Å². The second-order valence-corrected chi connectivity index (χ2v) is 6.71. The lowest BCUT2D eigenvalue weighted by molar-refractivity contribution is 0.120. The van der Waals surface area contributed by atoms with E-state index in [9.17, 15) is 0 Å². The number of hydrogen-bond donors (Lipinski definition) is 0. The van der Waals surface area contributed by atoms with Gasteiger partial charge in [-0.1, -0.05) is 0 Å². The summed E-state index contributed by atoms with van der Waals surface area (Å²) >= 11 is 11.8. The van der Waals surface area contributed by atoms with Crippen molar-refractivity contribution in [2.24, 2.45) is 5.92 Å². The van der Waals surface area contributed by atoms with E-state index in [-0.39, 0.29) is 5.38 Å². The molecule has 0 spiro atoms. The van der Waals surface area contributed by atoms with Crippen molar-refractivity contribution in [3.05, 3.63) is 20.3 Å². The molecule has 0 bridgehead atoms. The van der Waals surface area contributed by atoms with E-state index in [1.165, 1.54) is 14.2 Å². The van der Waals surface area contributed by atoms with Crippen molar-refractivity contribution in [3.8, 4) is 0 Å². The first-order valence-corrected chi connectivity index (χ1v) is 7.14. The van der Waals surface area contributed by atoms with E-state index in [4.69, 9.17) is 16.3 Å². The van der Waals surface area contributed by atoms with Crippen molar-refractivity contribution < 1.29 is 4.74 Å². The molecule has 2 heterocycles. The second kappa shape index (κ2) is 4.74. The molecule has 3 atom stereocenters. The predicted octanol–water partition coefficient (Wildman–Crippen LogP) is 4.52. The van der Waals surface area contributed by atoms with Gasteiger partial charge in [0.05, 0.1) is 18.1 Å². The van der Waals surface area contributed by atoms with Gasteiger partial charge < -0.3 is 4.74 Å². The highest BCUT2D eigenvalue weighted by Gasteiger charge is 2.30. The molecule has 84 valence electrons. The van der Waals surface area contributed by atoms with Crippen LogP contribution >= 0.6 is 38.9 Å². The first kappa shape index (κ1) is 11.9. The number of rotatable bonds is 2. The van der Waals surface area contributed by atoms with Crippen LogP contribution in [0.15, 0.2) is 10.5 Å². The maximum absolute atomic E-state index is 6.47. The van der Waals surface area contributed by atoms with Crippen LogP contribution < -0.4 is 0 Å². The number of alkyl halides is 1. The Hall–Kier alpha value is 0.430. The summed E-state index contributed by atoms with van der Waals surface area (Å²) in [5, 5.41) is 0.102. The summed E-state index contributed by atoms with van der Waals surface area (Å²) in [6, 6.07) is 2.14. The number of halogens is 2. The third-order valence-corrected chi connectivity index (χ3v) is 5.73. The lowest BCUT2D eigenvalue weighted by atomic mass is 10.0. The summed E-state index contributed by atoms with van der Waals surface area (Å²) < 4.78 is 6.72. The van der Waals surface area contributed by atoms with Crippen LogP contribution in [-0.2, 0) is 4.74 Å². The minimum absolute atomic E-state index is 0.102. The Bertz CT molecular complexity index is 333. The van der Waals surface area contributed by atoms with Crippen LogP contribution in [0.5, 0.6) is 0 Å². The van der Waals surface area contributed by atoms with Gasteiger partial charge >= 0.3 is 0 Å². The quantitative estimate of drug-likeness (QED) is 0.730. The van der Waals surface area contributed by atoms with E-state index < -0.39 is 0 Å². The third kappa shape index (κ3) is 2.57. The molecular weight excluding hydrogens is 296 g/mol. The fraction of sp³-hybridized carbons (Fsp3) is 0.636. The fourth-order valence-corrected chi connectivity index (χ4v) is 3.91. The van der Waals surface area contributed by atoms with E-state index >= 15 is 0 Å². The molecule has 1 aromatic rings.